The average Bonchev–Trinajstić information content (AvgIpc) is 2.63. The van der Waals surface area contributed by atoms with E-state index in [1.54, 1.807) is 7.11 Å². The van der Waals surface area contributed by atoms with E-state index in [9.17, 15) is 0 Å². The molecule has 0 saturated heterocycles. The van der Waals surface area contributed by atoms with Gasteiger partial charge in [-0.15, -0.1) is 0 Å². The average molecular weight is 201 g/mol. The number of nitrogens with zero attached hydrogens (tertiary/aromatic N) is 2. The summed E-state index contributed by atoms with van der Waals surface area (Å²) in [5.74, 6) is 1.00. The second-order valence-electron chi connectivity index (χ2n) is 2.88. The fourth-order valence-electron chi connectivity index (χ4n) is 1.03. The van der Waals surface area contributed by atoms with Crippen LogP contribution in [0.5, 0.6) is 0 Å². The number of rotatable bonds is 6. The highest BCUT2D eigenvalue weighted by molar-refractivity contribution is 4.88. The van der Waals surface area contributed by atoms with E-state index >= 15 is 0 Å². The van der Waals surface area contributed by atoms with Gasteiger partial charge in [-0.25, -0.2) is 0 Å². The molecule has 0 aromatic carbocycles. The molecule has 0 aliphatic heterocycles. The lowest BCUT2D eigenvalue weighted by Crippen LogP contribution is -2.24. The van der Waals surface area contributed by atoms with Crippen molar-refractivity contribution in [1.82, 2.24) is 10.1 Å². The Kier molecular flexibility index (Phi) is 4.51. The van der Waals surface area contributed by atoms with Gasteiger partial charge >= 0.3 is 0 Å². The van der Waals surface area contributed by atoms with Gasteiger partial charge in [0.15, 0.2) is 5.82 Å². The fourth-order valence-corrected chi connectivity index (χ4v) is 1.03. The summed E-state index contributed by atoms with van der Waals surface area (Å²) < 4.78 is 10.0. The molecule has 0 spiro atoms. The fraction of sp³-hybridized carbons (Fsp3) is 0.750. The molecule has 1 aromatic rings. The Morgan fingerprint density at radius 3 is 3.00 bits per heavy atom. The standard InChI is InChI=1S/C8H15N3O3/c1-13-6(5-9)4-8-10-7(2-3-12)11-14-8/h6,12H,2-5,9H2,1H3. The zero-order chi connectivity index (χ0) is 10.4. The van der Waals surface area contributed by atoms with Crippen molar-refractivity contribution >= 4 is 0 Å². The normalized spacial score (nSPS) is 13.1. The van der Waals surface area contributed by atoms with Gasteiger partial charge in [-0.1, -0.05) is 5.16 Å². The van der Waals surface area contributed by atoms with Gasteiger partial charge in [0.05, 0.1) is 19.1 Å². The van der Waals surface area contributed by atoms with Crippen LogP contribution in [0.15, 0.2) is 4.52 Å². The Balaban J connectivity index is 2.49. The quantitative estimate of drug-likeness (QED) is 0.620. The van der Waals surface area contributed by atoms with E-state index in [0.29, 0.717) is 31.1 Å². The molecule has 0 aliphatic rings. The second-order valence-corrected chi connectivity index (χ2v) is 2.88. The van der Waals surface area contributed by atoms with E-state index in [1.807, 2.05) is 0 Å². The van der Waals surface area contributed by atoms with E-state index in [4.69, 9.17) is 20.1 Å². The third-order valence-corrected chi connectivity index (χ3v) is 1.84. The first-order valence-electron chi connectivity index (χ1n) is 4.45. The molecule has 1 aromatic heterocycles. The van der Waals surface area contributed by atoms with Gasteiger partial charge in [-0.05, 0) is 0 Å². The van der Waals surface area contributed by atoms with Gasteiger partial charge in [0, 0.05) is 20.1 Å². The Labute approximate surface area is 82.1 Å². The first-order chi connectivity index (χ1) is 6.80. The third-order valence-electron chi connectivity index (χ3n) is 1.84. The highest BCUT2D eigenvalue weighted by Gasteiger charge is 2.12. The van der Waals surface area contributed by atoms with Gasteiger partial charge in [-0.2, -0.15) is 4.98 Å². The molecule has 0 aliphatic carbocycles. The summed E-state index contributed by atoms with van der Waals surface area (Å²) in [6, 6.07) is 0. The molecule has 80 valence electrons. The highest BCUT2D eigenvalue weighted by atomic mass is 16.5. The molecule has 0 bridgehead atoms. The second kappa shape index (κ2) is 5.69. The summed E-state index contributed by atoms with van der Waals surface area (Å²) in [5.41, 5.74) is 5.44. The van der Waals surface area contributed by atoms with Crippen LogP contribution in [-0.4, -0.2) is 41.6 Å². The minimum Gasteiger partial charge on any atom is -0.396 e. The first kappa shape index (κ1) is 11.1. The van der Waals surface area contributed by atoms with E-state index in [2.05, 4.69) is 10.1 Å². The molecule has 14 heavy (non-hydrogen) atoms. The molecular formula is C8H15N3O3. The van der Waals surface area contributed by atoms with Crippen molar-refractivity contribution in [2.45, 2.75) is 18.9 Å². The van der Waals surface area contributed by atoms with Crippen molar-refractivity contribution in [2.24, 2.45) is 5.73 Å². The number of hydrogen-bond acceptors (Lipinski definition) is 6. The molecule has 1 rings (SSSR count). The van der Waals surface area contributed by atoms with Crippen LogP contribution >= 0.6 is 0 Å². The maximum absolute atomic E-state index is 8.64. The van der Waals surface area contributed by atoms with E-state index < -0.39 is 0 Å². The molecule has 1 heterocycles. The summed E-state index contributed by atoms with van der Waals surface area (Å²) >= 11 is 0. The van der Waals surface area contributed by atoms with Crippen LogP contribution in [0.3, 0.4) is 0 Å². The van der Waals surface area contributed by atoms with Gasteiger partial charge in [-0.3, -0.25) is 0 Å². The smallest absolute Gasteiger partial charge is 0.229 e. The van der Waals surface area contributed by atoms with Crippen LogP contribution in [0.1, 0.15) is 11.7 Å². The van der Waals surface area contributed by atoms with Crippen LogP contribution in [-0.2, 0) is 17.6 Å². The third kappa shape index (κ3) is 3.06. The number of hydrogen-bond donors (Lipinski definition) is 2. The predicted molar refractivity (Wildman–Crippen MR) is 48.6 cm³/mol. The minimum absolute atomic E-state index is 0.0174. The summed E-state index contributed by atoms with van der Waals surface area (Å²) in [4.78, 5) is 4.06. The minimum atomic E-state index is -0.0996. The lowest BCUT2D eigenvalue weighted by Gasteiger charge is -2.08. The van der Waals surface area contributed by atoms with Crippen LogP contribution < -0.4 is 5.73 Å². The molecule has 3 N–H and O–H groups in total. The monoisotopic (exact) mass is 201 g/mol. The maximum Gasteiger partial charge on any atom is 0.229 e. The molecule has 0 radical (unpaired) electrons. The maximum atomic E-state index is 8.64. The largest absolute Gasteiger partial charge is 0.396 e. The Hall–Kier alpha value is -0.980. The first-order valence-corrected chi connectivity index (χ1v) is 4.45. The molecule has 0 amide bonds. The molecule has 0 fully saturated rings. The van der Waals surface area contributed by atoms with Gasteiger partial charge < -0.3 is 20.1 Å². The molecular weight excluding hydrogens is 186 g/mol. The van der Waals surface area contributed by atoms with Crippen LogP contribution in [0, 0.1) is 0 Å². The van der Waals surface area contributed by atoms with Crippen molar-refractivity contribution in [3.8, 4) is 0 Å². The zero-order valence-electron chi connectivity index (χ0n) is 8.14. The number of ether oxygens (including phenoxy) is 1. The molecule has 1 atom stereocenters. The summed E-state index contributed by atoms with van der Waals surface area (Å²) in [6.07, 6.45) is 0.812. The number of nitrogens with two attached hydrogens (primary N) is 1. The SMILES string of the molecule is COC(CN)Cc1nc(CCO)no1. The Bertz CT molecular complexity index is 260. The lowest BCUT2D eigenvalue weighted by atomic mass is 10.2. The van der Waals surface area contributed by atoms with Crippen molar-refractivity contribution in [3.63, 3.8) is 0 Å². The van der Waals surface area contributed by atoms with Crippen LogP contribution in [0.4, 0.5) is 0 Å². The van der Waals surface area contributed by atoms with E-state index in [0.717, 1.165) is 0 Å². The predicted octanol–water partition coefficient (Wildman–Crippen LogP) is -0.879. The number of methoxy groups -OCH3 is 1. The van der Waals surface area contributed by atoms with Crippen LogP contribution in [0.2, 0.25) is 0 Å². The molecule has 0 saturated carbocycles. The van der Waals surface area contributed by atoms with Gasteiger partial charge in [0.2, 0.25) is 5.89 Å². The summed E-state index contributed by atoms with van der Waals surface area (Å²) in [7, 11) is 1.59. The summed E-state index contributed by atoms with van der Waals surface area (Å²) in [5, 5.41) is 12.3. The number of aliphatic hydroxyl groups is 1. The van der Waals surface area contributed by atoms with Gasteiger partial charge in [0.1, 0.15) is 0 Å². The Morgan fingerprint density at radius 1 is 1.64 bits per heavy atom. The van der Waals surface area contributed by atoms with Gasteiger partial charge in [0.25, 0.3) is 0 Å². The number of aliphatic hydroxyl groups excluding tert-OH is 1. The zero-order valence-corrected chi connectivity index (χ0v) is 8.14. The van der Waals surface area contributed by atoms with Crippen molar-refractivity contribution < 1.29 is 14.4 Å². The molecule has 6 nitrogen and oxygen atoms in total. The van der Waals surface area contributed by atoms with E-state index in [-0.39, 0.29) is 12.7 Å². The van der Waals surface area contributed by atoms with Crippen molar-refractivity contribution in [2.75, 3.05) is 20.3 Å². The van der Waals surface area contributed by atoms with E-state index in [1.165, 1.54) is 0 Å². The topological polar surface area (TPSA) is 94.4 Å². The Morgan fingerprint density at radius 2 is 2.43 bits per heavy atom. The summed E-state index contributed by atoms with van der Waals surface area (Å²) in [6.45, 7) is 0.428. The van der Waals surface area contributed by atoms with Crippen LogP contribution in [0.25, 0.3) is 0 Å². The van der Waals surface area contributed by atoms with Crippen molar-refractivity contribution in [3.05, 3.63) is 11.7 Å². The highest BCUT2D eigenvalue weighted by Crippen LogP contribution is 2.03. The molecule has 6 heteroatoms. The van der Waals surface area contributed by atoms with Crippen molar-refractivity contribution in [1.29, 1.82) is 0 Å². The molecule has 1 unspecified atom stereocenters. The number of aromatic nitrogens is 2. The lowest BCUT2D eigenvalue weighted by molar-refractivity contribution is 0.102.